The fraction of sp³-hybridized carbons (Fsp3) is 0.421. The van der Waals surface area contributed by atoms with Gasteiger partial charge in [-0.25, -0.2) is 4.79 Å². The molecule has 1 aromatic carbocycles. The maximum atomic E-state index is 13.4. The van der Waals surface area contributed by atoms with Crippen molar-refractivity contribution in [2.75, 3.05) is 14.2 Å². The van der Waals surface area contributed by atoms with Crippen molar-refractivity contribution in [3.8, 4) is 0 Å². The Hall–Kier alpha value is -2.48. The van der Waals surface area contributed by atoms with Crippen LogP contribution in [0.25, 0.3) is 0 Å². The number of carbonyl (C=O) groups is 1. The van der Waals surface area contributed by atoms with E-state index in [0.29, 0.717) is 17.0 Å². The Morgan fingerprint density at radius 1 is 1.21 bits per heavy atom. The molecule has 2 rings (SSSR count). The van der Waals surface area contributed by atoms with Gasteiger partial charge in [0, 0.05) is 37.7 Å². The lowest BCUT2D eigenvalue weighted by Crippen LogP contribution is -2.30. The molecule has 1 aliphatic heterocycles. The number of non-ortho nitro benzene ring substituents is 1. The Bertz CT molecular complexity index is 928. The Labute approximate surface area is 169 Å². The van der Waals surface area contributed by atoms with E-state index >= 15 is 0 Å². The lowest BCUT2D eigenvalue weighted by atomic mass is 9.86. The molecular formula is C19H25N2O7P. The van der Waals surface area contributed by atoms with E-state index < -0.39 is 24.4 Å². The van der Waals surface area contributed by atoms with E-state index in [0.717, 1.165) is 0 Å². The normalized spacial score (nSPS) is 17.4. The zero-order chi connectivity index (χ0) is 21.9. The molecule has 0 aliphatic carbocycles. The smallest absolute Gasteiger partial charge is 0.359 e. The molecule has 9 nitrogen and oxygen atoms in total. The summed E-state index contributed by atoms with van der Waals surface area (Å²) in [7, 11) is -1.32. The molecule has 0 radical (unpaired) electrons. The first kappa shape index (κ1) is 22.8. The highest BCUT2D eigenvalue weighted by atomic mass is 31.2. The maximum absolute atomic E-state index is 13.4. The summed E-state index contributed by atoms with van der Waals surface area (Å²) in [6.45, 7) is 6.79. The molecule has 1 N–H and O–H groups in total. The van der Waals surface area contributed by atoms with Crippen LogP contribution in [0, 0.1) is 10.1 Å². The summed E-state index contributed by atoms with van der Waals surface area (Å²) in [6.07, 6.45) is -0.388. The van der Waals surface area contributed by atoms with Gasteiger partial charge in [0.2, 0.25) is 0 Å². The fourth-order valence-electron chi connectivity index (χ4n) is 3.31. The summed E-state index contributed by atoms with van der Waals surface area (Å²) in [4.78, 5) is 23.7. The van der Waals surface area contributed by atoms with Gasteiger partial charge in [0.1, 0.15) is 0 Å². The zero-order valence-corrected chi connectivity index (χ0v) is 18.1. The average molecular weight is 424 g/mol. The van der Waals surface area contributed by atoms with Crippen LogP contribution in [-0.2, 0) is 23.1 Å². The number of hydrogen-bond donors (Lipinski definition) is 1. The van der Waals surface area contributed by atoms with Gasteiger partial charge in [-0.3, -0.25) is 14.7 Å². The van der Waals surface area contributed by atoms with Crippen molar-refractivity contribution in [3.05, 3.63) is 62.2 Å². The summed E-state index contributed by atoms with van der Waals surface area (Å²) in [6, 6.07) is 5.82. The van der Waals surface area contributed by atoms with Gasteiger partial charge in [-0.2, -0.15) is 0 Å². The molecule has 0 saturated carbocycles. The molecule has 0 fully saturated rings. The van der Waals surface area contributed by atoms with Gasteiger partial charge >= 0.3 is 13.6 Å². The topological polar surface area (TPSA) is 117 Å². The van der Waals surface area contributed by atoms with E-state index in [1.807, 2.05) is 0 Å². The minimum Gasteiger partial charge on any atom is -0.460 e. The number of ether oxygens (including phenoxy) is 1. The standard InChI is InChI=1S/C19H25N2O7P/c1-11(2)28-19(22)16-12(3)20-13(4)18(29(25,26-5)27-6)17(16)14-8-7-9-15(10-14)21(23)24/h7-11,17,20H,1-6H3. The minimum absolute atomic E-state index is 0.156. The quantitative estimate of drug-likeness (QED) is 0.299. The molecule has 1 aromatic rings. The van der Waals surface area contributed by atoms with Gasteiger partial charge in [-0.1, -0.05) is 12.1 Å². The number of carbonyl (C=O) groups excluding carboxylic acids is 1. The summed E-state index contributed by atoms with van der Waals surface area (Å²) < 4.78 is 29.1. The second-order valence-corrected chi connectivity index (χ2v) is 8.98. The number of allylic oxidation sites excluding steroid dienone is 3. The molecule has 1 aliphatic rings. The largest absolute Gasteiger partial charge is 0.460 e. The highest BCUT2D eigenvalue weighted by molar-refractivity contribution is 7.58. The maximum Gasteiger partial charge on any atom is 0.359 e. The Morgan fingerprint density at radius 2 is 1.83 bits per heavy atom. The number of esters is 1. The monoisotopic (exact) mass is 424 g/mol. The van der Waals surface area contributed by atoms with E-state index in [-0.39, 0.29) is 22.7 Å². The Morgan fingerprint density at radius 3 is 2.34 bits per heavy atom. The van der Waals surface area contributed by atoms with Crippen LogP contribution in [-0.4, -0.2) is 31.2 Å². The highest BCUT2D eigenvalue weighted by Gasteiger charge is 2.44. The molecule has 158 valence electrons. The molecule has 1 atom stereocenters. The van der Waals surface area contributed by atoms with E-state index in [9.17, 15) is 19.5 Å². The molecule has 29 heavy (non-hydrogen) atoms. The van der Waals surface area contributed by atoms with Crippen molar-refractivity contribution in [2.45, 2.75) is 39.7 Å². The second-order valence-electron chi connectivity index (χ2n) is 6.78. The second kappa shape index (κ2) is 8.90. The summed E-state index contributed by atoms with van der Waals surface area (Å²) >= 11 is 0. The average Bonchev–Trinajstić information content (AvgIpc) is 2.66. The van der Waals surface area contributed by atoms with Crippen LogP contribution in [0.2, 0.25) is 0 Å². The van der Waals surface area contributed by atoms with Gasteiger partial charge < -0.3 is 19.1 Å². The lowest BCUT2D eigenvalue weighted by Gasteiger charge is -2.33. The summed E-state index contributed by atoms with van der Waals surface area (Å²) in [5, 5.41) is 14.5. The Kier molecular flexibility index (Phi) is 7.00. The van der Waals surface area contributed by atoms with Crippen LogP contribution < -0.4 is 5.32 Å². The van der Waals surface area contributed by atoms with Gasteiger partial charge in [-0.15, -0.1) is 0 Å². The van der Waals surface area contributed by atoms with Gasteiger partial charge in [-0.05, 0) is 33.3 Å². The van der Waals surface area contributed by atoms with Crippen LogP contribution in [0.3, 0.4) is 0 Å². The van der Waals surface area contributed by atoms with Crippen molar-refractivity contribution in [3.63, 3.8) is 0 Å². The number of nitro benzene ring substituents is 1. The number of rotatable bonds is 7. The molecule has 0 aromatic heterocycles. The third-order valence-corrected chi connectivity index (χ3v) is 6.62. The summed E-state index contributed by atoms with van der Waals surface area (Å²) in [5.41, 5.74) is 1.41. The highest BCUT2D eigenvalue weighted by Crippen LogP contribution is 2.63. The Balaban J connectivity index is 2.79. The van der Waals surface area contributed by atoms with Crippen molar-refractivity contribution < 1.29 is 28.1 Å². The van der Waals surface area contributed by atoms with Crippen molar-refractivity contribution >= 4 is 19.3 Å². The van der Waals surface area contributed by atoms with Crippen molar-refractivity contribution in [1.29, 1.82) is 0 Å². The zero-order valence-electron chi connectivity index (χ0n) is 17.2. The molecule has 0 saturated heterocycles. The molecule has 1 unspecified atom stereocenters. The summed E-state index contributed by atoms with van der Waals surface area (Å²) in [5.74, 6) is -1.53. The van der Waals surface area contributed by atoms with Crippen LogP contribution >= 0.6 is 7.60 Å². The molecule has 0 amide bonds. The van der Waals surface area contributed by atoms with E-state index in [1.54, 1.807) is 33.8 Å². The van der Waals surface area contributed by atoms with Crippen LogP contribution in [0.5, 0.6) is 0 Å². The number of benzene rings is 1. The number of hydrogen-bond acceptors (Lipinski definition) is 8. The third kappa shape index (κ3) is 4.58. The fourth-order valence-corrected chi connectivity index (χ4v) is 4.91. The number of nitrogens with one attached hydrogen (secondary N) is 1. The molecule has 0 spiro atoms. The van der Waals surface area contributed by atoms with Gasteiger partial charge in [0.15, 0.2) is 0 Å². The van der Waals surface area contributed by atoms with E-state index in [2.05, 4.69) is 5.32 Å². The van der Waals surface area contributed by atoms with E-state index in [4.69, 9.17) is 13.8 Å². The third-order valence-electron chi connectivity index (χ3n) is 4.48. The predicted molar refractivity (Wildman–Crippen MR) is 107 cm³/mol. The van der Waals surface area contributed by atoms with Gasteiger partial charge in [0.05, 0.1) is 27.8 Å². The lowest BCUT2D eigenvalue weighted by molar-refractivity contribution is -0.384. The molecule has 10 heteroatoms. The number of nitrogens with zero attached hydrogens (tertiary/aromatic N) is 1. The van der Waals surface area contributed by atoms with Crippen LogP contribution in [0.1, 0.15) is 39.2 Å². The van der Waals surface area contributed by atoms with Crippen LogP contribution in [0.15, 0.2) is 46.5 Å². The van der Waals surface area contributed by atoms with Gasteiger partial charge in [0.25, 0.3) is 5.69 Å². The first-order valence-electron chi connectivity index (χ1n) is 8.91. The molecule has 0 bridgehead atoms. The SMILES string of the molecule is COP(=O)(OC)C1=C(C)NC(C)=C(C(=O)OC(C)C)C1c1cccc([N+](=O)[O-])c1. The number of nitro groups is 1. The van der Waals surface area contributed by atoms with E-state index in [1.165, 1.54) is 32.4 Å². The minimum atomic E-state index is -3.81. The molecular weight excluding hydrogens is 399 g/mol. The van der Waals surface area contributed by atoms with Crippen LogP contribution in [0.4, 0.5) is 5.69 Å². The molecule has 1 heterocycles. The van der Waals surface area contributed by atoms with Crippen molar-refractivity contribution in [2.24, 2.45) is 0 Å². The number of dihydropyridines is 1. The first-order valence-corrected chi connectivity index (χ1v) is 10.5. The van der Waals surface area contributed by atoms with Crippen molar-refractivity contribution in [1.82, 2.24) is 5.32 Å². The first-order chi connectivity index (χ1) is 13.6. The predicted octanol–water partition coefficient (Wildman–Crippen LogP) is 4.22.